The number of amides is 1. The van der Waals surface area contributed by atoms with Crippen LogP contribution in [0, 0.1) is 5.82 Å². The maximum atomic E-state index is 13.8. The molecule has 8 heteroatoms. The van der Waals surface area contributed by atoms with Crippen LogP contribution < -0.4 is 10.6 Å². The Labute approximate surface area is 179 Å². The average Bonchev–Trinajstić information content (AvgIpc) is 2.75. The summed E-state index contributed by atoms with van der Waals surface area (Å²) in [6, 6.07) is 6.70. The van der Waals surface area contributed by atoms with E-state index in [9.17, 15) is 9.18 Å². The fraction of sp³-hybridized carbons (Fsp3) is 0.636. The standard InChI is InChI=1S/C22H36FN5O2/c1-4-24-22(25-11-10-21(29)27(5-2)6-3)26-17-20(28-12-14-30-15-13-28)18-8-7-9-19(23)16-18/h7-9,16,20H,4-6,10-15,17H2,1-3H3,(H2,24,25,26). The van der Waals surface area contributed by atoms with Crippen molar-refractivity contribution >= 4 is 11.9 Å². The predicted molar refractivity (Wildman–Crippen MR) is 118 cm³/mol. The van der Waals surface area contributed by atoms with Crippen molar-refractivity contribution in [2.45, 2.75) is 33.2 Å². The number of nitrogens with zero attached hydrogens (tertiary/aromatic N) is 3. The van der Waals surface area contributed by atoms with Gasteiger partial charge in [0.15, 0.2) is 5.96 Å². The number of rotatable bonds is 10. The van der Waals surface area contributed by atoms with Crippen LogP contribution in [-0.2, 0) is 9.53 Å². The molecule has 30 heavy (non-hydrogen) atoms. The Kier molecular flexibility index (Phi) is 10.6. The van der Waals surface area contributed by atoms with Gasteiger partial charge < -0.3 is 20.3 Å². The number of nitrogens with one attached hydrogen (secondary N) is 2. The number of benzene rings is 1. The Morgan fingerprint density at radius 2 is 1.97 bits per heavy atom. The van der Waals surface area contributed by atoms with Crippen LogP contribution in [0.1, 0.15) is 38.8 Å². The van der Waals surface area contributed by atoms with Crippen LogP contribution in [0.25, 0.3) is 0 Å². The molecule has 1 amide bonds. The number of guanidine groups is 1. The molecule has 1 saturated heterocycles. The van der Waals surface area contributed by atoms with Gasteiger partial charge in [-0.15, -0.1) is 0 Å². The highest BCUT2D eigenvalue weighted by molar-refractivity contribution is 5.81. The largest absolute Gasteiger partial charge is 0.379 e. The van der Waals surface area contributed by atoms with E-state index in [1.807, 2.05) is 31.7 Å². The molecule has 1 fully saturated rings. The second kappa shape index (κ2) is 13.2. The minimum atomic E-state index is -0.241. The first-order valence-corrected chi connectivity index (χ1v) is 11.0. The summed E-state index contributed by atoms with van der Waals surface area (Å²) >= 11 is 0. The zero-order valence-corrected chi connectivity index (χ0v) is 18.5. The van der Waals surface area contributed by atoms with E-state index < -0.39 is 0 Å². The van der Waals surface area contributed by atoms with Gasteiger partial charge >= 0.3 is 0 Å². The van der Waals surface area contributed by atoms with Gasteiger partial charge in [-0.3, -0.25) is 14.7 Å². The van der Waals surface area contributed by atoms with E-state index in [0.29, 0.717) is 38.7 Å². The molecule has 1 atom stereocenters. The van der Waals surface area contributed by atoms with Gasteiger partial charge in [0.25, 0.3) is 0 Å². The number of halogens is 1. The molecule has 2 rings (SSSR count). The number of carbonyl (C=O) groups is 1. The summed E-state index contributed by atoms with van der Waals surface area (Å²) in [5.41, 5.74) is 0.910. The van der Waals surface area contributed by atoms with Gasteiger partial charge in [-0.2, -0.15) is 0 Å². The van der Waals surface area contributed by atoms with E-state index in [2.05, 4.69) is 15.5 Å². The zero-order chi connectivity index (χ0) is 21.8. The van der Waals surface area contributed by atoms with Crippen molar-refractivity contribution in [3.63, 3.8) is 0 Å². The molecule has 0 bridgehead atoms. The Morgan fingerprint density at radius 3 is 2.60 bits per heavy atom. The van der Waals surface area contributed by atoms with Crippen LogP contribution in [-0.4, -0.2) is 80.7 Å². The molecule has 168 valence electrons. The summed E-state index contributed by atoms with van der Waals surface area (Å²) in [5, 5.41) is 6.48. The molecule has 1 aliphatic heterocycles. The number of morpholine rings is 1. The molecule has 0 saturated carbocycles. The lowest BCUT2D eigenvalue weighted by Crippen LogP contribution is -2.42. The van der Waals surface area contributed by atoms with E-state index >= 15 is 0 Å². The van der Waals surface area contributed by atoms with Gasteiger partial charge in [-0.25, -0.2) is 4.39 Å². The topological polar surface area (TPSA) is 69.2 Å². The van der Waals surface area contributed by atoms with Crippen molar-refractivity contribution < 1.29 is 13.9 Å². The van der Waals surface area contributed by atoms with Crippen LogP contribution >= 0.6 is 0 Å². The molecule has 7 nitrogen and oxygen atoms in total. The molecule has 0 radical (unpaired) electrons. The number of ether oxygens (including phenoxy) is 1. The maximum Gasteiger partial charge on any atom is 0.224 e. The van der Waals surface area contributed by atoms with Crippen molar-refractivity contribution in [2.24, 2.45) is 4.99 Å². The smallest absolute Gasteiger partial charge is 0.224 e. The van der Waals surface area contributed by atoms with Crippen molar-refractivity contribution in [1.29, 1.82) is 0 Å². The van der Waals surface area contributed by atoms with Crippen molar-refractivity contribution in [3.05, 3.63) is 35.6 Å². The summed E-state index contributed by atoms with van der Waals surface area (Å²) in [6.45, 7) is 12.1. The summed E-state index contributed by atoms with van der Waals surface area (Å²) in [4.78, 5) is 21.1. The summed E-state index contributed by atoms with van der Waals surface area (Å²) in [7, 11) is 0. The van der Waals surface area contributed by atoms with Gasteiger partial charge in [-0.05, 0) is 38.5 Å². The zero-order valence-electron chi connectivity index (χ0n) is 18.5. The minimum Gasteiger partial charge on any atom is -0.379 e. The second-order valence-corrected chi connectivity index (χ2v) is 7.18. The number of hydrogen-bond donors (Lipinski definition) is 2. The average molecular weight is 422 g/mol. The molecule has 1 aliphatic rings. The van der Waals surface area contributed by atoms with E-state index in [0.717, 1.165) is 38.3 Å². The minimum absolute atomic E-state index is 0.0302. The SMILES string of the molecule is CCNC(=NCC(c1cccc(F)c1)N1CCOCC1)NCCC(=O)N(CC)CC. The summed E-state index contributed by atoms with van der Waals surface area (Å²) in [5.74, 6) is 0.559. The first kappa shape index (κ1) is 24.1. The monoisotopic (exact) mass is 421 g/mol. The van der Waals surface area contributed by atoms with Gasteiger partial charge in [0.05, 0.1) is 25.8 Å². The van der Waals surface area contributed by atoms with Gasteiger partial charge in [0.2, 0.25) is 5.91 Å². The summed E-state index contributed by atoms with van der Waals surface area (Å²) in [6.07, 6.45) is 0.420. The third-order valence-corrected chi connectivity index (χ3v) is 5.23. The molecule has 0 aliphatic carbocycles. The maximum absolute atomic E-state index is 13.8. The lowest BCUT2D eigenvalue weighted by molar-refractivity contribution is -0.130. The summed E-state index contributed by atoms with van der Waals surface area (Å²) < 4.78 is 19.3. The highest BCUT2D eigenvalue weighted by Crippen LogP contribution is 2.23. The van der Waals surface area contributed by atoms with Gasteiger partial charge in [0.1, 0.15) is 5.82 Å². The van der Waals surface area contributed by atoms with Crippen molar-refractivity contribution in [3.8, 4) is 0 Å². The molecule has 1 aromatic rings. The highest BCUT2D eigenvalue weighted by Gasteiger charge is 2.23. The molecule has 1 aromatic carbocycles. The van der Waals surface area contributed by atoms with Crippen LogP contribution in [0.15, 0.2) is 29.3 Å². The first-order chi connectivity index (χ1) is 14.6. The third kappa shape index (κ3) is 7.57. The molecular formula is C22H36FN5O2. The molecule has 0 aromatic heterocycles. The van der Waals surface area contributed by atoms with Crippen molar-refractivity contribution in [1.82, 2.24) is 20.4 Å². The second-order valence-electron chi connectivity index (χ2n) is 7.18. The van der Waals surface area contributed by atoms with Gasteiger partial charge in [0, 0.05) is 45.7 Å². The van der Waals surface area contributed by atoms with Crippen molar-refractivity contribution in [2.75, 3.05) is 59.0 Å². The molecule has 1 unspecified atom stereocenters. The quantitative estimate of drug-likeness (QED) is 0.447. The Balaban J connectivity index is 2.04. The lowest BCUT2D eigenvalue weighted by Gasteiger charge is -2.34. The van der Waals surface area contributed by atoms with Crippen LogP contribution in [0.5, 0.6) is 0 Å². The molecule has 0 spiro atoms. The molecule has 1 heterocycles. The fourth-order valence-corrected chi connectivity index (χ4v) is 3.58. The lowest BCUT2D eigenvalue weighted by atomic mass is 10.0. The fourth-order valence-electron chi connectivity index (χ4n) is 3.58. The number of hydrogen-bond acceptors (Lipinski definition) is 4. The Morgan fingerprint density at radius 1 is 1.23 bits per heavy atom. The molecule has 2 N–H and O–H groups in total. The first-order valence-electron chi connectivity index (χ1n) is 11.0. The van der Waals surface area contributed by atoms with Crippen LogP contribution in [0.3, 0.4) is 0 Å². The number of carbonyl (C=O) groups excluding carboxylic acids is 1. The van der Waals surface area contributed by atoms with Crippen LogP contribution in [0.4, 0.5) is 4.39 Å². The van der Waals surface area contributed by atoms with Gasteiger partial charge in [-0.1, -0.05) is 12.1 Å². The van der Waals surface area contributed by atoms with E-state index in [1.54, 1.807) is 12.1 Å². The highest BCUT2D eigenvalue weighted by atomic mass is 19.1. The Bertz CT molecular complexity index is 675. The number of aliphatic imine (C=N–C) groups is 1. The van der Waals surface area contributed by atoms with E-state index in [-0.39, 0.29) is 17.8 Å². The predicted octanol–water partition coefficient (Wildman–Crippen LogP) is 2.01. The molecular weight excluding hydrogens is 385 g/mol. The van der Waals surface area contributed by atoms with E-state index in [4.69, 9.17) is 9.73 Å². The van der Waals surface area contributed by atoms with Crippen LogP contribution in [0.2, 0.25) is 0 Å². The third-order valence-electron chi connectivity index (χ3n) is 5.23. The Hall–Kier alpha value is -2.19. The normalized spacial score (nSPS) is 16.2. The van der Waals surface area contributed by atoms with E-state index in [1.165, 1.54) is 6.07 Å².